The van der Waals surface area contributed by atoms with Gasteiger partial charge in [-0.15, -0.1) is 0 Å². The molecule has 0 aliphatic carbocycles. The third-order valence-corrected chi connectivity index (χ3v) is 5.39. The number of hydrogen-bond acceptors (Lipinski definition) is 4. The van der Waals surface area contributed by atoms with Gasteiger partial charge < -0.3 is 9.30 Å². The number of aryl methyl sites for hydroxylation is 2. The van der Waals surface area contributed by atoms with Crippen molar-refractivity contribution in [2.45, 2.75) is 39.7 Å². The Morgan fingerprint density at radius 1 is 1.14 bits per heavy atom. The van der Waals surface area contributed by atoms with Crippen molar-refractivity contribution < 1.29 is 14.3 Å². The van der Waals surface area contributed by atoms with Crippen molar-refractivity contribution in [3.05, 3.63) is 64.5 Å². The van der Waals surface area contributed by atoms with Crippen molar-refractivity contribution in [1.29, 1.82) is 0 Å². The maximum atomic E-state index is 12.4. The molecule has 0 unspecified atom stereocenters. The molecule has 1 heterocycles. The van der Waals surface area contributed by atoms with Gasteiger partial charge in [0, 0.05) is 6.42 Å². The standard InChI is InChI=1S/C22H24N2O3S/c1-3-27-21(26)15-24-18-13-12-16(2)14-19(18)28-22(24)23-20(25)11-7-10-17-8-5-4-6-9-17/h4-6,8-9,12-14H,3,7,10-11,15H2,1-2H3. The molecular formula is C22H24N2O3S. The molecule has 0 radical (unpaired) electrons. The first kappa shape index (κ1) is 20.0. The second-order valence-corrected chi connectivity index (χ2v) is 7.60. The molecule has 146 valence electrons. The van der Waals surface area contributed by atoms with Gasteiger partial charge in [-0.2, -0.15) is 4.99 Å². The molecule has 0 aliphatic heterocycles. The van der Waals surface area contributed by atoms with Crippen LogP contribution in [0.3, 0.4) is 0 Å². The van der Waals surface area contributed by atoms with E-state index >= 15 is 0 Å². The van der Waals surface area contributed by atoms with Gasteiger partial charge in [-0.1, -0.05) is 47.7 Å². The lowest BCUT2D eigenvalue weighted by atomic mass is 10.1. The molecule has 2 aromatic carbocycles. The smallest absolute Gasteiger partial charge is 0.326 e. The van der Waals surface area contributed by atoms with E-state index < -0.39 is 0 Å². The summed E-state index contributed by atoms with van der Waals surface area (Å²) < 4.78 is 7.85. The van der Waals surface area contributed by atoms with Gasteiger partial charge in [0.2, 0.25) is 5.91 Å². The number of carbonyl (C=O) groups excluding carboxylic acids is 2. The molecule has 0 spiro atoms. The van der Waals surface area contributed by atoms with E-state index in [0.29, 0.717) is 17.8 Å². The van der Waals surface area contributed by atoms with E-state index in [4.69, 9.17) is 4.74 Å². The summed E-state index contributed by atoms with van der Waals surface area (Å²) in [5, 5.41) is 0. The van der Waals surface area contributed by atoms with Crippen LogP contribution in [0.4, 0.5) is 0 Å². The predicted octanol–water partition coefficient (Wildman–Crippen LogP) is 4.02. The number of amides is 1. The minimum atomic E-state index is -0.333. The van der Waals surface area contributed by atoms with Crippen LogP contribution in [0.5, 0.6) is 0 Å². The summed E-state index contributed by atoms with van der Waals surface area (Å²) in [5.41, 5.74) is 3.22. The molecule has 3 rings (SSSR count). The lowest BCUT2D eigenvalue weighted by Gasteiger charge is -2.05. The molecule has 0 N–H and O–H groups in total. The number of nitrogens with zero attached hydrogens (tertiary/aromatic N) is 2. The van der Waals surface area contributed by atoms with E-state index in [9.17, 15) is 9.59 Å². The number of ether oxygens (including phenoxy) is 1. The lowest BCUT2D eigenvalue weighted by molar-refractivity contribution is -0.143. The largest absolute Gasteiger partial charge is 0.465 e. The first-order valence-electron chi connectivity index (χ1n) is 9.44. The molecule has 1 amide bonds. The zero-order valence-corrected chi connectivity index (χ0v) is 17.0. The third-order valence-electron chi connectivity index (χ3n) is 4.35. The average molecular weight is 397 g/mol. The average Bonchev–Trinajstić information content (AvgIpc) is 2.98. The van der Waals surface area contributed by atoms with Crippen LogP contribution in [-0.4, -0.2) is 23.1 Å². The number of esters is 1. The molecule has 5 nitrogen and oxygen atoms in total. The van der Waals surface area contributed by atoms with E-state index in [2.05, 4.69) is 17.1 Å². The Kier molecular flexibility index (Phi) is 6.76. The van der Waals surface area contributed by atoms with Gasteiger partial charge in [0.05, 0.1) is 16.8 Å². The minimum absolute atomic E-state index is 0.0486. The Morgan fingerprint density at radius 2 is 1.93 bits per heavy atom. The normalized spacial score (nSPS) is 11.7. The van der Waals surface area contributed by atoms with Crippen molar-refractivity contribution in [3.8, 4) is 0 Å². The number of fused-ring (bicyclic) bond motifs is 1. The van der Waals surface area contributed by atoms with Gasteiger partial charge in [-0.25, -0.2) is 0 Å². The van der Waals surface area contributed by atoms with Crippen LogP contribution in [0, 0.1) is 6.92 Å². The van der Waals surface area contributed by atoms with Crippen molar-refractivity contribution in [2.75, 3.05) is 6.61 Å². The van der Waals surface area contributed by atoms with Crippen LogP contribution in [-0.2, 0) is 27.3 Å². The first-order valence-corrected chi connectivity index (χ1v) is 10.3. The van der Waals surface area contributed by atoms with E-state index in [-0.39, 0.29) is 18.4 Å². The maximum absolute atomic E-state index is 12.4. The number of carbonyl (C=O) groups is 2. The zero-order chi connectivity index (χ0) is 19.9. The van der Waals surface area contributed by atoms with E-state index in [1.807, 2.05) is 43.3 Å². The summed E-state index contributed by atoms with van der Waals surface area (Å²) in [4.78, 5) is 29.3. The molecule has 0 atom stereocenters. The molecule has 28 heavy (non-hydrogen) atoms. The van der Waals surface area contributed by atoms with Crippen LogP contribution >= 0.6 is 11.3 Å². The predicted molar refractivity (Wildman–Crippen MR) is 111 cm³/mol. The van der Waals surface area contributed by atoms with Gasteiger partial charge in [0.1, 0.15) is 6.54 Å². The molecule has 3 aromatic rings. The molecule has 0 bridgehead atoms. The Balaban J connectivity index is 1.81. The highest BCUT2D eigenvalue weighted by molar-refractivity contribution is 7.16. The quantitative estimate of drug-likeness (QED) is 0.567. The highest BCUT2D eigenvalue weighted by atomic mass is 32.1. The first-order chi connectivity index (χ1) is 13.6. The van der Waals surface area contributed by atoms with Crippen molar-refractivity contribution in [2.24, 2.45) is 4.99 Å². The molecule has 0 aliphatic rings. The summed E-state index contributed by atoms with van der Waals surface area (Å²) in [6.07, 6.45) is 1.96. The third kappa shape index (κ3) is 5.16. The van der Waals surface area contributed by atoms with Gasteiger partial charge in [0.15, 0.2) is 4.80 Å². The number of benzene rings is 2. The fraction of sp³-hybridized carbons (Fsp3) is 0.318. The molecule has 0 fully saturated rings. The molecule has 0 saturated carbocycles. The van der Waals surface area contributed by atoms with E-state index in [1.54, 1.807) is 11.5 Å². The molecule has 0 saturated heterocycles. The van der Waals surface area contributed by atoms with Gasteiger partial charge in [-0.3, -0.25) is 9.59 Å². The van der Waals surface area contributed by atoms with Crippen LogP contribution < -0.4 is 4.80 Å². The SMILES string of the molecule is CCOC(=O)Cn1c(=NC(=O)CCCc2ccccc2)sc2cc(C)ccc21. The lowest BCUT2D eigenvalue weighted by Crippen LogP contribution is -2.23. The number of hydrogen-bond donors (Lipinski definition) is 0. The second kappa shape index (κ2) is 9.46. The topological polar surface area (TPSA) is 60.7 Å². The molecular weight excluding hydrogens is 372 g/mol. The van der Waals surface area contributed by atoms with Crippen LogP contribution in [0.25, 0.3) is 10.2 Å². The van der Waals surface area contributed by atoms with Crippen molar-refractivity contribution >= 4 is 33.4 Å². The highest BCUT2D eigenvalue weighted by Gasteiger charge is 2.12. The number of rotatable bonds is 7. The summed E-state index contributed by atoms with van der Waals surface area (Å²) in [5.74, 6) is -0.502. The van der Waals surface area contributed by atoms with Crippen molar-refractivity contribution in [3.63, 3.8) is 0 Å². The summed E-state index contributed by atoms with van der Waals surface area (Å²) in [7, 11) is 0. The second-order valence-electron chi connectivity index (χ2n) is 6.59. The van der Waals surface area contributed by atoms with Crippen LogP contribution in [0.15, 0.2) is 53.5 Å². The fourth-order valence-electron chi connectivity index (χ4n) is 3.01. The molecule has 6 heteroatoms. The minimum Gasteiger partial charge on any atom is -0.465 e. The number of thiazole rings is 1. The Labute approximate surface area is 168 Å². The van der Waals surface area contributed by atoms with Crippen LogP contribution in [0.1, 0.15) is 30.9 Å². The summed E-state index contributed by atoms with van der Waals surface area (Å²) >= 11 is 1.42. The maximum Gasteiger partial charge on any atom is 0.326 e. The molecule has 1 aromatic heterocycles. The van der Waals surface area contributed by atoms with Crippen LogP contribution in [0.2, 0.25) is 0 Å². The van der Waals surface area contributed by atoms with Crippen molar-refractivity contribution in [1.82, 2.24) is 4.57 Å². The van der Waals surface area contributed by atoms with Gasteiger partial charge >= 0.3 is 5.97 Å². The van der Waals surface area contributed by atoms with E-state index in [1.165, 1.54) is 16.9 Å². The zero-order valence-electron chi connectivity index (χ0n) is 16.2. The monoisotopic (exact) mass is 396 g/mol. The number of aromatic nitrogens is 1. The van der Waals surface area contributed by atoms with E-state index in [0.717, 1.165) is 28.6 Å². The van der Waals surface area contributed by atoms with Gasteiger partial charge in [0.25, 0.3) is 0 Å². The Hall–Kier alpha value is -2.73. The Morgan fingerprint density at radius 3 is 2.68 bits per heavy atom. The fourth-order valence-corrected chi connectivity index (χ4v) is 4.15. The van der Waals surface area contributed by atoms with Gasteiger partial charge in [-0.05, 0) is 49.9 Å². The summed E-state index contributed by atoms with van der Waals surface area (Å²) in [6.45, 7) is 4.16. The summed E-state index contributed by atoms with van der Waals surface area (Å²) in [6, 6.07) is 16.1. The highest BCUT2D eigenvalue weighted by Crippen LogP contribution is 2.19. The Bertz CT molecular complexity index is 1030.